The summed E-state index contributed by atoms with van der Waals surface area (Å²) in [4.78, 5) is 26.1. The average Bonchev–Trinajstić information content (AvgIpc) is 2.41. The zero-order valence-corrected chi connectivity index (χ0v) is 10.1. The van der Waals surface area contributed by atoms with Crippen molar-refractivity contribution >= 4 is 5.97 Å². The number of aromatic carboxylic acids is 1. The molecule has 7 nitrogen and oxygen atoms in total. The Morgan fingerprint density at radius 3 is 2.89 bits per heavy atom. The molecule has 0 aromatic carbocycles. The summed E-state index contributed by atoms with van der Waals surface area (Å²) in [6, 6.07) is 5.83. The average molecular weight is 261 g/mol. The lowest BCUT2D eigenvalue weighted by molar-refractivity contribution is 0.0690. The number of nitrogens with zero attached hydrogens (tertiary/aromatic N) is 3. The Labute approximate surface area is 108 Å². The minimum atomic E-state index is -1.12. The molecule has 0 amide bonds. The van der Waals surface area contributed by atoms with Crippen LogP contribution in [-0.4, -0.2) is 33.0 Å². The standard InChI is InChI=1S/C12H11N3O4/c1-19-10-2-3-11(16)15(14-10)7-8-4-5-13-9(6-8)12(17)18/h2-6H,7H2,1H3,(H,17,18). The second-order valence-electron chi connectivity index (χ2n) is 3.73. The Bertz CT molecular complexity index is 666. The molecule has 2 aromatic rings. The van der Waals surface area contributed by atoms with Gasteiger partial charge < -0.3 is 9.84 Å². The van der Waals surface area contributed by atoms with Crippen LogP contribution in [0.2, 0.25) is 0 Å². The van der Waals surface area contributed by atoms with E-state index in [-0.39, 0.29) is 17.8 Å². The van der Waals surface area contributed by atoms with Crippen LogP contribution < -0.4 is 10.3 Å². The molecule has 2 aromatic heterocycles. The first-order valence-corrected chi connectivity index (χ1v) is 5.40. The normalized spacial score (nSPS) is 10.2. The molecule has 0 saturated heterocycles. The van der Waals surface area contributed by atoms with E-state index in [4.69, 9.17) is 9.84 Å². The van der Waals surface area contributed by atoms with E-state index in [1.807, 2.05) is 0 Å². The van der Waals surface area contributed by atoms with Gasteiger partial charge in [0.25, 0.3) is 5.56 Å². The predicted octanol–water partition coefficient (Wildman–Crippen LogP) is 0.393. The molecule has 0 radical (unpaired) electrons. The SMILES string of the molecule is COc1ccc(=O)n(Cc2ccnc(C(=O)O)c2)n1. The molecule has 2 rings (SSSR count). The van der Waals surface area contributed by atoms with Gasteiger partial charge in [0.15, 0.2) is 0 Å². The summed E-state index contributed by atoms with van der Waals surface area (Å²) in [7, 11) is 1.45. The van der Waals surface area contributed by atoms with Gasteiger partial charge in [-0.05, 0) is 17.7 Å². The molecular weight excluding hydrogens is 250 g/mol. The second-order valence-corrected chi connectivity index (χ2v) is 3.73. The molecule has 19 heavy (non-hydrogen) atoms. The lowest BCUT2D eigenvalue weighted by Gasteiger charge is -2.06. The van der Waals surface area contributed by atoms with Crippen molar-refractivity contribution in [1.29, 1.82) is 0 Å². The number of aromatic nitrogens is 3. The second kappa shape index (κ2) is 5.30. The summed E-state index contributed by atoms with van der Waals surface area (Å²) in [5.74, 6) is -0.806. The third-order valence-corrected chi connectivity index (χ3v) is 2.43. The maximum atomic E-state index is 11.6. The topological polar surface area (TPSA) is 94.3 Å². The van der Waals surface area contributed by atoms with Crippen molar-refractivity contribution in [1.82, 2.24) is 14.8 Å². The molecule has 0 unspecified atom stereocenters. The molecule has 0 aliphatic rings. The number of methoxy groups -OCH3 is 1. The van der Waals surface area contributed by atoms with Crippen LogP contribution in [0.15, 0.2) is 35.3 Å². The van der Waals surface area contributed by atoms with Crippen molar-refractivity contribution in [2.24, 2.45) is 0 Å². The first-order chi connectivity index (χ1) is 9.10. The van der Waals surface area contributed by atoms with Crippen LogP contribution >= 0.6 is 0 Å². The highest BCUT2D eigenvalue weighted by atomic mass is 16.5. The largest absolute Gasteiger partial charge is 0.480 e. The van der Waals surface area contributed by atoms with Gasteiger partial charge in [0, 0.05) is 18.3 Å². The molecule has 0 saturated carbocycles. The first-order valence-electron chi connectivity index (χ1n) is 5.40. The lowest BCUT2D eigenvalue weighted by atomic mass is 10.2. The third-order valence-electron chi connectivity index (χ3n) is 2.43. The third kappa shape index (κ3) is 2.95. The monoisotopic (exact) mass is 261 g/mol. The highest BCUT2D eigenvalue weighted by Gasteiger charge is 2.07. The first kappa shape index (κ1) is 12.7. The summed E-state index contributed by atoms with van der Waals surface area (Å²) in [6.07, 6.45) is 1.38. The van der Waals surface area contributed by atoms with Crippen molar-refractivity contribution in [3.05, 3.63) is 52.1 Å². The molecule has 0 bridgehead atoms. The van der Waals surface area contributed by atoms with Crippen molar-refractivity contribution in [3.8, 4) is 5.88 Å². The Hall–Kier alpha value is -2.70. The van der Waals surface area contributed by atoms with Gasteiger partial charge in [-0.2, -0.15) is 0 Å². The quantitative estimate of drug-likeness (QED) is 0.855. The molecule has 98 valence electrons. The number of carboxylic acids is 1. The van der Waals surface area contributed by atoms with Gasteiger partial charge in [0.1, 0.15) is 5.69 Å². The summed E-state index contributed by atoms with van der Waals surface area (Å²) in [5, 5.41) is 12.8. The fourth-order valence-electron chi connectivity index (χ4n) is 1.51. The zero-order valence-electron chi connectivity index (χ0n) is 10.1. The van der Waals surface area contributed by atoms with E-state index in [0.29, 0.717) is 11.4 Å². The fourth-order valence-corrected chi connectivity index (χ4v) is 1.51. The Balaban J connectivity index is 2.33. The maximum Gasteiger partial charge on any atom is 0.354 e. The van der Waals surface area contributed by atoms with E-state index in [1.54, 1.807) is 6.07 Å². The Kier molecular flexibility index (Phi) is 3.56. The molecule has 0 fully saturated rings. The van der Waals surface area contributed by atoms with Crippen molar-refractivity contribution < 1.29 is 14.6 Å². The van der Waals surface area contributed by atoms with Gasteiger partial charge in [0.2, 0.25) is 5.88 Å². The van der Waals surface area contributed by atoms with Crippen molar-refractivity contribution in [2.45, 2.75) is 6.54 Å². The molecule has 0 atom stereocenters. The van der Waals surface area contributed by atoms with Crippen molar-refractivity contribution in [2.75, 3.05) is 7.11 Å². The van der Waals surface area contributed by atoms with Crippen LogP contribution in [0, 0.1) is 0 Å². The van der Waals surface area contributed by atoms with E-state index < -0.39 is 5.97 Å². The molecule has 0 spiro atoms. The van der Waals surface area contributed by atoms with Crippen LogP contribution in [0.4, 0.5) is 0 Å². The summed E-state index contributed by atoms with van der Waals surface area (Å²) in [6.45, 7) is 0.152. The van der Waals surface area contributed by atoms with Crippen LogP contribution in [-0.2, 0) is 6.54 Å². The smallest absolute Gasteiger partial charge is 0.354 e. The molecular formula is C12H11N3O4. The van der Waals surface area contributed by atoms with Gasteiger partial charge in [-0.3, -0.25) is 4.79 Å². The van der Waals surface area contributed by atoms with Crippen molar-refractivity contribution in [3.63, 3.8) is 0 Å². The number of pyridine rings is 1. The van der Waals surface area contributed by atoms with Gasteiger partial charge in [-0.25, -0.2) is 14.5 Å². The maximum absolute atomic E-state index is 11.6. The van der Waals surface area contributed by atoms with E-state index in [2.05, 4.69) is 10.1 Å². The van der Waals surface area contributed by atoms with Gasteiger partial charge in [-0.15, -0.1) is 5.10 Å². The molecule has 0 aliphatic heterocycles. The molecule has 7 heteroatoms. The van der Waals surface area contributed by atoms with Crippen LogP contribution in [0.1, 0.15) is 16.1 Å². The molecule has 2 heterocycles. The number of carbonyl (C=O) groups is 1. The number of ether oxygens (including phenoxy) is 1. The zero-order chi connectivity index (χ0) is 13.8. The fraction of sp³-hybridized carbons (Fsp3) is 0.167. The van der Waals surface area contributed by atoms with E-state index >= 15 is 0 Å². The number of rotatable bonds is 4. The van der Waals surface area contributed by atoms with Gasteiger partial charge >= 0.3 is 5.97 Å². The number of carboxylic acid groups (broad SMARTS) is 1. The highest BCUT2D eigenvalue weighted by Crippen LogP contribution is 2.05. The Morgan fingerprint density at radius 1 is 1.42 bits per heavy atom. The number of hydrogen-bond acceptors (Lipinski definition) is 5. The molecule has 1 N–H and O–H groups in total. The van der Waals surface area contributed by atoms with Crippen LogP contribution in [0.3, 0.4) is 0 Å². The lowest BCUT2D eigenvalue weighted by Crippen LogP contribution is -2.22. The van der Waals surface area contributed by atoms with Gasteiger partial charge in [0.05, 0.1) is 13.7 Å². The molecule has 0 aliphatic carbocycles. The predicted molar refractivity (Wildman–Crippen MR) is 65.3 cm³/mol. The Morgan fingerprint density at radius 2 is 2.21 bits per heavy atom. The summed E-state index contributed by atoms with van der Waals surface area (Å²) >= 11 is 0. The van der Waals surface area contributed by atoms with E-state index in [0.717, 1.165) is 0 Å². The number of hydrogen-bond donors (Lipinski definition) is 1. The van der Waals surface area contributed by atoms with Gasteiger partial charge in [-0.1, -0.05) is 0 Å². The summed E-state index contributed by atoms with van der Waals surface area (Å²) < 4.78 is 6.13. The minimum absolute atomic E-state index is 0.0755. The van der Waals surface area contributed by atoms with E-state index in [1.165, 1.54) is 36.2 Å². The summed E-state index contributed by atoms with van der Waals surface area (Å²) in [5.41, 5.74) is 0.248. The minimum Gasteiger partial charge on any atom is -0.480 e. The van der Waals surface area contributed by atoms with Crippen LogP contribution in [0.25, 0.3) is 0 Å². The van der Waals surface area contributed by atoms with E-state index in [9.17, 15) is 9.59 Å². The highest BCUT2D eigenvalue weighted by molar-refractivity contribution is 5.85. The van der Waals surface area contributed by atoms with Crippen LogP contribution in [0.5, 0.6) is 5.88 Å².